The molecule has 0 saturated carbocycles. The zero-order valence-electron chi connectivity index (χ0n) is 12.4. The molecule has 1 aliphatic carbocycles. The van der Waals surface area contributed by atoms with Gasteiger partial charge in [-0.05, 0) is 43.7 Å². The van der Waals surface area contributed by atoms with E-state index in [9.17, 15) is 19.4 Å². The molecule has 5 nitrogen and oxygen atoms in total. The molecule has 6 heteroatoms. The fourth-order valence-electron chi connectivity index (χ4n) is 2.57. The van der Waals surface area contributed by atoms with Crippen LogP contribution in [0.15, 0.2) is 80.4 Å². The average Bonchev–Trinajstić information content (AvgIpc) is 2.64. The molecule has 2 heterocycles. The molecule has 2 bridgehead atoms. The van der Waals surface area contributed by atoms with E-state index in [1.807, 2.05) is 0 Å². The van der Waals surface area contributed by atoms with E-state index >= 15 is 0 Å². The minimum Gasteiger partial charge on any atom is -0.494 e. The van der Waals surface area contributed by atoms with Gasteiger partial charge in [-0.1, -0.05) is 5.73 Å². The molecule has 3 aliphatic rings. The summed E-state index contributed by atoms with van der Waals surface area (Å²) in [6.07, 6.45) is 5.49. The molecule has 0 unspecified atom stereocenters. The maximum atomic E-state index is 13.6. The Morgan fingerprint density at radius 2 is 2.13 bits per heavy atom. The van der Waals surface area contributed by atoms with E-state index in [-0.39, 0.29) is 11.5 Å². The van der Waals surface area contributed by atoms with Crippen molar-refractivity contribution in [3.05, 3.63) is 75.4 Å². The van der Waals surface area contributed by atoms with E-state index in [1.54, 1.807) is 13.8 Å². The number of hydrogen-bond acceptors (Lipinski definition) is 4. The van der Waals surface area contributed by atoms with E-state index in [0.717, 1.165) is 0 Å². The van der Waals surface area contributed by atoms with Gasteiger partial charge in [-0.2, -0.15) is 0 Å². The highest BCUT2D eigenvalue weighted by Gasteiger charge is 2.25. The Bertz CT molecular complexity index is 889. The van der Waals surface area contributed by atoms with Crippen LogP contribution in [0.25, 0.3) is 0 Å². The number of aliphatic carboxylic acids is 1. The van der Waals surface area contributed by atoms with Gasteiger partial charge in [-0.15, -0.1) is 0 Å². The van der Waals surface area contributed by atoms with E-state index in [1.165, 1.54) is 24.3 Å². The van der Waals surface area contributed by atoms with Gasteiger partial charge >= 0.3 is 5.97 Å². The molecule has 116 valence electrons. The minimum absolute atomic E-state index is 0.134. The molecule has 0 aromatic rings. The second-order valence-electron chi connectivity index (χ2n) is 5.23. The molecule has 0 amide bonds. The second-order valence-corrected chi connectivity index (χ2v) is 5.23. The summed E-state index contributed by atoms with van der Waals surface area (Å²) in [4.78, 5) is 15.5. The predicted octanol–water partition coefficient (Wildman–Crippen LogP) is 2.95. The molecule has 0 aromatic heterocycles. The molecule has 0 spiro atoms. The third-order valence-electron chi connectivity index (χ3n) is 3.66. The molecule has 0 fully saturated rings. The molecule has 0 aromatic carbocycles. The molecule has 2 aliphatic heterocycles. The highest BCUT2D eigenvalue weighted by molar-refractivity contribution is 6.21. The lowest BCUT2D eigenvalue weighted by molar-refractivity contribution is -0.132. The van der Waals surface area contributed by atoms with Crippen molar-refractivity contribution in [2.24, 2.45) is 4.99 Å². The summed E-state index contributed by atoms with van der Waals surface area (Å²) in [6.45, 7) is 3.25. The summed E-state index contributed by atoms with van der Waals surface area (Å²) in [6, 6.07) is 0. The fourth-order valence-corrected chi connectivity index (χ4v) is 2.57. The van der Waals surface area contributed by atoms with Crippen LogP contribution in [-0.4, -0.2) is 21.9 Å². The van der Waals surface area contributed by atoms with Crippen molar-refractivity contribution in [1.29, 1.82) is 0 Å². The Balaban J connectivity index is 2.11. The summed E-state index contributed by atoms with van der Waals surface area (Å²) >= 11 is 0. The number of rotatable bonds is 2. The molecular formula is C17H13FN2O3. The van der Waals surface area contributed by atoms with Gasteiger partial charge < -0.3 is 15.5 Å². The van der Waals surface area contributed by atoms with Crippen molar-refractivity contribution in [3.63, 3.8) is 0 Å². The van der Waals surface area contributed by atoms with Gasteiger partial charge in [-0.3, -0.25) is 4.99 Å². The fraction of sp³-hybridized carbons (Fsp3) is 0.118. The van der Waals surface area contributed by atoms with Gasteiger partial charge in [0.25, 0.3) is 0 Å². The van der Waals surface area contributed by atoms with Crippen molar-refractivity contribution < 1.29 is 19.4 Å². The zero-order valence-corrected chi connectivity index (χ0v) is 12.4. The molecule has 0 atom stereocenters. The van der Waals surface area contributed by atoms with E-state index < -0.39 is 11.8 Å². The molecule has 0 radical (unpaired) electrons. The summed E-state index contributed by atoms with van der Waals surface area (Å²) in [7, 11) is 0. The number of allylic oxidation sites excluding steroid dienone is 7. The number of aliphatic hydroxyl groups excluding tert-OH is 1. The number of nitrogens with one attached hydrogen (secondary N) is 1. The Kier molecular flexibility index (Phi) is 3.39. The van der Waals surface area contributed by atoms with Crippen LogP contribution in [0.3, 0.4) is 0 Å². The monoisotopic (exact) mass is 312 g/mol. The summed E-state index contributed by atoms with van der Waals surface area (Å²) in [5.41, 5.74) is 5.45. The average molecular weight is 312 g/mol. The lowest BCUT2D eigenvalue weighted by Crippen LogP contribution is -2.16. The molecular weight excluding hydrogens is 299 g/mol. The highest BCUT2D eigenvalue weighted by atomic mass is 19.1. The van der Waals surface area contributed by atoms with Crippen molar-refractivity contribution in [1.82, 2.24) is 5.32 Å². The van der Waals surface area contributed by atoms with Gasteiger partial charge in [0.05, 0.1) is 28.3 Å². The molecule has 3 rings (SSSR count). The van der Waals surface area contributed by atoms with Gasteiger partial charge in [0, 0.05) is 5.57 Å². The summed E-state index contributed by atoms with van der Waals surface area (Å²) < 4.78 is 13.6. The summed E-state index contributed by atoms with van der Waals surface area (Å²) in [5, 5.41) is 22.1. The smallest absolute Gasteiger partial charge is 0.337 e. The highest BCUT2D eigenvalue weighted by Crippen LogP contribution is 2.30. The first-order valence-corrected chi connectivity index (χ1v) is 6.85. The van der Waals surface area contributed by atoms with E-state index in [0.29, 0.717) is 33.8 Å². The Morgan fingerprint density at radius 3 is 2.78 bits per heavy atom. The van der Waals surface area contributed by atoms with Crippen molar-refractivity contribution in [2.45, 2.75) is 13.8 Å². The van der Waals surface area contributed by atoms with Gasteiger partial charge in [0.1, 0.15) is 5.83 Å². The lowest BCUT2D eigenvalue weighted by Gasteiger charge is -2.13. The van der Waals surface area contributed by atoms with Crippen molar-refractivity contribution in [2.75, 3.05) is 0 Å². The molecule has 23 heavy (non-hydrogen) atoms. The number of aliphatic imine (C=N–C) groups is 1. The van der Waals surface area contributed by atoms with E-state index in [2.05, 4.69) is 16.0 Å². The van der Waals surface area contributed by atoms with Crippen LogP contribution in [0.5, 0.6) is 0 Å². The quantitative estimate of drug-likeness (QED) is 0.685. The maximum Gasteiger partial charge on any atom is 0.337 e. The van der Waals surface area contributed by atoms with Crippen LogP contribution < -0.4 is 5.32 Å². The maximum absolute atomic E-state index is 13.6. The number of nitrogens with zero attached hydrogens (tertiary/aromatic N) is 1. The van der Waals surface area contributed by atoms with Crippen molar-refractivity contribution >= 4 is 11.7 Å². The lowest BCUT2D eigenvalue weighted by atomic mass is 10.0. The third kappa shape index (κ3) is 2.56. The summed E-state index contributed by atoms with van der Waals surface area (Å²) in [5.74, 6) is -1.70. The second kappa shape index (κ2) is 5.26. The van der Waals surface area contributed by atoms with Gasteiger partial charge in [0.2, 0.25) is 0 Å². The predicted molar refractivity (Wildman–Crippen MR) is 83.2 cm³/mol. The largest absolute Gasteiger partial charge is 0.494 e. The number of hydrogen-bond donors (Lipinski definition) is 3. The van der Waals surface area contributed by atoms with Gasteiger partial charge in [0.15, 0.2) is 5.88 Å². The zero-order chi connectivity index (χ0) is 16.7. The number of carboxylic acids is 1. The van der Waals surface area contributed by atoms with Crippen LogP contribution in [-0.2, 0) is 4.79 Å². The van der Waals surface area contributed by atoms with Crippen LogP contribution in [0.2, 0.25) is 0 Å². The first-order valence-electron chi connectivity index (χ1n) is 6.85. The van der Waals surface area contributed by atoms with E-state index in [4.69, 9.17) is 0 Å². The third-order valence-corrected chi connectivity index (χ3v) is 3.66. The Morgan fingerprint density at radius 1 is 1.39 bits per heavy atom. The van der Waals surface area contributed by atoms with Gasteiger partial charge in [-0.25, -0.2) is 9.18 Å². The van der Waals surface area contributed by atoms with Crippen LogP contribution in [0.1, 0.15) is 13.8 Å². The Labute approximate surface area is 131 Å². The number of halogens is 1. The SMILES string of the molecule is CC1=NC(=CC2=C(O)NC3=C=C2C=C(F)C=C3)C(C)=C1C(=O)O. The first-order chi connectivity index (χ1) is 10.9. The number of carbonyl (C=O) groups is 1. The first kappa shape index (κ1) is 14.8. The molecule has 3 N–H and O–H groups in total. The van der Waals surface area contributed by atoms with Crippen molar-refractivity contribution in [3.8, 4) is 0 Å². The number of aliphatic hydroxyl groups is 1. The number of carboxylic acid groups (broad SMARTS) is 1. The standard InChI is InChI=1S/C17H13FN2O3/c1-8-14(19-9(2)15(8)17(22)23)7-13-10-5-11(18)3-4-12(6-10)20-16(13)21/h3-5,7,20-21H,1-2H3,(H,22,23). The molecule has 0 saturated heterocycles. The Hall–Kier alpha value is -3.11. The minimum atomic E-state index is -1.06. The topological polar surface area (TPSA) is 81.9 Å². The van der Waals surface area contributed by atoms with Crippen LogP contribution >= 0.6 is 0 Å². The normalized spacial score (nSPS) is 21.6. The van der Waals surface area contributed by atoms with Crippen LogP contribution in [0, 0.1) is 0 Å². The van der Waals surface area contributed by atoms with Crippen LogP contribution in [0.4, 0.5) is 4.39 Å².